The summed E-state index contributed by atoms with van der Waals surface area (Å²) in [7, 11) is 0. The summed E-state index contributed by atoms with van der Waals surface area (Å²) in [4.78, 5) is 26.0. The fraction of sp³-hybridized carbons (Fsp3) is 0.667. The van der Waals surface area contributed by atoms with Gasteiger partial charge in [0.05, 0.1) is 19.3 Å². The second-order valence-corrected chi connectivity index (χ2v) is 6.04. The van der Waals surface area contributed by atoms with Crippen molar-refractivity contribution in [2.24, 2.45) is 0 Å². The average molecular weight is 316 g/mol. The molecule has 1 aliphatic heterocycles. The third-order valence-electron chi connectivity index (χ3n) is 2.74. The third-order valence-corrected chi connectivity index (χ3v) is 2.98. The van der Waals surface area contributed by atoms with Crippen LogP contribution >= 0.6 is 11.6 Å². The standard InChI is InChI=1S/C12H18ClN5O3/c1-12(2,3)21-11(20)17-6-8(7-17)18-14-5-9(16-18)15-10(19)4-13/h5,8H,4,6-7H2,1-3H3,(H,15,16,19). The number of likely N-dealkylation sites (tertiary alicyclic amines) is 1. The number of aromatic nitrogens is 3. The van der Waals surface area contributed by atoms with Gasteiger partial charge in [-0.3, -0.25) is 4.79 Å². The Morgan fingerprint density at radius 1 is 1.48 bits per heavy atom. The third kappa shape index (κ3) is 4.07. The van der Waals surface area contributed by atoms with Gasteiger partial charge in [-0.05, 0) is 20.8 Å². The molecule has 2 heterocycles. The number of nitrogens with zero attached hydrogens (tertiary/aromatic N) is 4. The summed E-state index contributed by atoms with van der Waals surface area (Å²) >= 11 is 5.39. The van der Waals surface area contributed by atoms with Crippen LogP contribution in [0.15, 0.2) is 6.20 Å². The quantitative estimate of drug-likeness (QED) is 0.848. The number of carbonyl (C=O) groups is 2. The molecule has 0 aromatic carbocycles. The molecule has 1 saturated heterocycles. The van der Waals surface area contributed by atoms with E-state index in [0.717, 1.165) is 0 Å². The maximum absolute atomic E-state index is 11.8. The van der Waals surface area contributed by atoms with E-state index >= 15 is 0 Å². The first-order chi connectivity index (χ1) is 9.78. The SMILES string of the molecule is CC(C)(C)OC(=O)N1CC(n2ncc(NC(=O)CCl)n2)C1. The Hall–Kier alpha value is -1.83. The van der Waals surface area contributed by atoms with Gasteiger partial charge in [-0.15, -0.1) is 16.7 Å². The minimum Gasteiger partial charge on any atom is -0.444 e. The molecule has 1 aliphatic rings. The Kier molecular flexibility index (Phi) is 4.36. The van der Waals surface area contributed by atoms with Gasteiger partial charge in [0.15, 0.2) is 5.82 Å². The molecule has 0 bridgehead atoms. The molecule has 2 rings (SSSR count). The van der Waals surface area contributed by atoms with Crippen molar-refractivity contribution in [2.75, 3.05) is 24.3 Å². The van der Waals surface area contributed by atoms with Gasteiger partial charge in [0.25, 0.3) is 0 Å². The first-order valence-electron chi connectivity index (χ1n) is 6.54. The van der Waals surface area contributed by atoms with Crippen LogP contribution in [0.1, 0.15) is 26.8 Å². The van der Waals surface area contributed by atoms with Crippen molar-refractivity contribution < 1.29 is 14.3 Å². The fourth-order valence-electron chi connectivity index (χ4n) is 1.76. The van der Waals surface area contributed by atoms with E-state index < -0.39 is 5.60 Å². The van der Waals surface area contributed by atoms with E-state index in [0.29, 0.717) is 18.9 Å². The number of amides is 2. The van der Waals surface area contributed by atoms with Crippen LogP contribution in [0.4, 0.5) is 10.6 Å². The highest BCUT2D eigenvalue weighted by atomic mass is 35.5. The van der Waals surface area contributed by atoms with Crippen LogP contribution in [0, 0.1) is 0 Å². The topological polar surface area (TPSA) is 89.4 Å². The Labute approximate surface area is 127 Å². The van der Waals surface area contributed by atoms with Gasteiger partial charge in [-0.1, -0.05) is 0 Å². The molecule has 1 aromatic rings. The van der Waals surface area contributed by atoms with Gasteiger partial charge in [0.1, 0.15) is 17.5 Å². The van der Waals surface area contributed by atoms with E-state index in [-0.39, 0.29) is 23.9 Å². The molecular formula is C12H18ClN5O3. The van der Waals surface area contributed by atoms with E-state index in [9.17, 15) is 9.59 Å². The minimum atomic E-state index is -0.509. The highest BCUT2D eigenvalue weighted by molar-refractivity contribution is 6.28. The smallest absolute Gasteiger partial charge is 0.410 e. The van der Waals surface area contributed by atoms with Crippen LogP contribution in [0.3, 0.4) is 0 Å². The van der Waals surface area contributed by atoms with Gasteiger partial charge in [-0.25, -0.2) is 4.79 Å². The average Bonchev–Trinajstić information content (AvgIpc) is 2.72. The normalized spacial score (nSPS) is 15.5. The number of carbonyl (C=O) groups excluding carboxylic acids is 2. The first-order valence-corrected chi connectivity index (χ1v) is 7.07. The lowest BCUT2D eigenvalue weighted by molar-refractivity contribution is -0.113. The molecule has 1 aromatic heterocycles. The van der Waals surface area contributed by atoms with Crippen molar-refractivity contribution in [2.45, 2.75) is 32.4 Å². The molecule has 0 radical (unpaired) electrons. The van der Waals surface area contributed by atoms with Gasteiger partial charge in [-0.2, -0.15) is 9.90 Å². The van der Waals surface area contributed by atoms with Gasteiger partial charge in [0, 0.05) is 0 Å². The molecule has 0 saturated carbocycles. The monoisotopic (exact) mass is 315 g/mol. The predicted molar refractivity (Wildman–Crippen MR) is 76.2 cm³/mol. The minimum absolute atomic E-state index is 0.0147. The Bertz CT molecular complexity index is 533. The first kappa shape index (κ1) is 15.6. The van der Waals surface area contributed by atoms with Gasteiger partial charge < -0.3 is 15.0 Å². The second kappa shape index (κ2) is 5.88. The number of anilines is 1. The molecule has 2 amide bonds. The number of hydrogen-bond acceptors (Lipinski definition) is 5. The summed E-state index contributed by atoms with van der Waals surface area (Å²) in [5.74, 6) is -0.132. The van der Waals surface area contributed by atoms with E-state index in [1.807, 2.05) is 20.8 Å². The Balaban J connectivity index is 1.84. The number of nitrogens with one attached hydrogen (secondary N) is 1. The van der Waals surface area contributed by atoms with Crippen LogP contribution in [0.5, 0.6) is 0 Å². The summed E-state index contributed by atoms with van der Waals surface area (Å²) in [5, 5.41) is 10.7. The van der Waals surface area contributed by atoms with E-state index in [2.05, 4.69) is 15.5 Å². The lowest BCUT2D eigenvalue weighted by atomic mass is 10.1. The summed E-state index contributed by atoms with van der Waals surface area (Å²) in [6.07, 6.45) is 1.10. The zero-order valence-electron chi connectivity index (χ0n) is 12.2. The maximum Gasteiger partial charge on any atom is 0.410 e. The van der Waals surface area contributed by atoms with Crippen molar-refractivity contribution >= 4 is 29.4 Å². The molecular weight excluding hydrogens is 298 g/mol. The van der Waals surface area contributed by atoms with Crippen LogP contribution in [-0.2, 0) is 9.53 Å². The number of alkyl halides is 1. The van der Waals surface area contributed by atoms with Crippen molar-refractivity contribution in [3.63, 3.8) is 0 Å². The van der Waals surface area contributed by atoms with Crippen molar-refractivity contribution in [1.29, 1.82) is 0 Å². The van der Waals surface area contributed by atoms with E-state index in [4.69, 9.17) is 16.3 Å². The summed E-state index contributed by atoms with van der Waals surface area (Å²) in [6.45, 7) is 6.42. The summed E-state index contributed by atoms with van der Waals surface area (Å²) < 4.78 is 5.26. The largest absolute Gasteiger partial charge is 0.444 e. The fourth-order valence-corrected chi connectivity index (χ4v) is 1.83. The molecule has 0 unspecified atom stereocenters. The molecule has 1 fully saturated rings. The predicted octanol–water partition coefficient (Wildman–Crippen LogP) is 1.25. The molecule has 0 spiro atoms. The van der Waals surface area contributed by atoms with Crippen molar-refractivity contribution in [1.82, 2.24) is 19.9 Å². The van der Waals surface area contributed by atoms with E-state index in [1.54, 1.807) is 4.90 Å². The summed E-state index contributed by atoms with van der Waals surface area (Å²) in [6, 6.07) is -0.0147. The van der Waals surface area contributed by atoms with Crippen molar-refractivity contribution in [3.05, 3.63) is 6.20 Å². The zero-order chi connectivity index (χ0) is 15.6. The lowest BCUT2D eigenvalue weighted by Crippen LogP contribution is -2.52. The van der Waals surface area contributed by atoms with Crippen LogP contribution < -0.4 is 5.32 Å². The van der Waals surface area contributed by atoms with Crippen LogP contribution in [0.2, 0.25) is 0 Å². The Morgan fingerprint density at radius 2 is 2.14 bits per heavy atom. The lowest BCUT2D eigenvalue weighted by Gasteiger charge is -2.38. The molecule has 21 heavy (non-hydrogen) atoms. The van der Waals surface area contributed by atoms with Gasteiger partial charge in [0.2, 0.25) is 5.91 Å². The number of ether oxygens (including phenoxy) is 1. The highest BCUT2D eigenvalue weighted by Crippen LogP contribution is 2.22. The molecule has 1 N–H and O–H groups in total. The summed E-state index contributed by atoms with van der Waals surface area (Å²) in [5.41, 5.74) is -0.509. The number of rotatable bonds is 3. The number of halogens is 1. The maximum atomic E-state index is 11.8. The number of hydrogen-bond donors (Lipinski definition) is 1. The second-order valence-electron chi connectivity index (χ2n) is 5.77. The molecule has 8 nitrogen and oxygen atoms in total. The van der Waals surface area contributed by atoms with Crippen LogP contribution in [0.25, 0.3) is 0 Å². The highest BCUT2D eigenvalue weighted by Gasteiger charge is 2.36. The van der Waals surface area contributed by atoms with Gasteiger partial charge >= 0.3 is 6.09 Å². The molecule has 0 aliphatic carbocycles. The molecule has 0 atom stereocenters. The Morgan fingerprint density at radius 3 is 2.71 bits per heavy atom. The van der Waals surface area contributed by atoms with Crippen LogP contribution in [-0.4, -0.2) is 56.5 Å². The molecule has 9 heteroatoms. The van der Waals surface area contributed by atoms with E-state index in [1.165, 1.54) is 11.0 Å². The molecule has 116 valence electrons. The van der Waals surface area contributed by atoms with Crippen molar-refractivity contribution in [3.8, 4) is 0 Å². The zero-order valence-corrected chi connectivity index (χ0v) is 12.9.